The molecule has 25 heavy (non-hydrogen) atoms. The number of benzene rings is 1. The Morgan fingerprint density at radius 3 is 2.60 bits per heavy atom. The number of nitrogens with zero attached hydrogens (tertiary/aromatic N) is 2. The summed E-state index contributed by atoms with van der Waals surface area (Å²) in [6, 6.07) is 9.45. The first-order valence-electron chi connectivity index (χ1n) is 7.38. The molecule has 0 saturated heterocycles. The molecule has 2 N–H and O–H groups in total. The highest BCUT2D eigenvalue weighted by molar-refractivity contribution is 6.18. The van der Waals surface area contributed by atoms with Crippen molar-refractivity contribution in [3.8, 4) is 0 Å². The van der Waals surface area contributed by atoms with Crippen molar-refractivity contribution in [1.82, 2.24) is 14.9 Å². The molecule has 0 spiro atoms. The lowest BCUT2D eigenvalue weighted by Gasteiger charge is -2.26. The standard InChI is InChI=1S/C16H16N4O5/c1-24-15(23)16(25-2)14(22)18-12-11(13(21)19-16)17-9-20(12)8-10-6-4-3-5-7-10/h3-7,9H,8H2,1-2H3,(H,18,22)(H,19,21). The van der Waals surface area contributed by atoms with E-state index in [-0.39, 0.29) is 11.5 Å². The van der Waals surface area contributed by atoms with Crippen LogP contribution < -0.4 is 10.6 Å². The third-order valence-corrected chi connectivity index (χ3v) is 3.87. The van der Waals surface area contributed by atoms with Crippen molar-refractivity contribution in [1.29, 1.82) is 0 Å². The highest BCUT2D eigenvalue weighted by atomic mass is 16.6. The van der Waals surface area contributed by atoms with Gasteiger partial charge in [-0.3, -0.25) is 9.59 Å². The highest BCUT2D eigenvalue weighted by Gasteiger charge is 2.52. The van der Waals surface area contributed by atoms with E-state index in [0.29, 0.717) is 6.54 Å². The largest absolute Gasteiger partial charge is 0.465 e. The molecular weight excluding hydrogens is 328 g/mol. The minimum atomic E-state index is -2.27. The van der Waals surface area contributed by atoms with Gasteiger partial charge < -0.3 is 24.7 Å². The first-order valence-corrected chi connectivity index (χ1v) is 7.38. The molecule has 0 fully saturated rings. The monoisotopic (exact) mass is 344 g/mol. The normalized spacial score (nSPS) is 19.4. The van der Waals surface area contributed by atoms with E-state index in [0.717, 1.165) is 19.8 Å². The summed E-state index contributed by atoms with van der Waals surface area (Å²) >= 11 is 0. The van der Waals surface area contributed by atoms with Gasteiger partial charge in [-0.25, -0.2) is 9.78 Å². The molecule has 0 saturated carbocycles. The summed E-state index contributed by atoms with van der Waals surface area (Å²) in [5.41, 5.74) is -1.34. The molecule has 2 amide bonds. The molecular formula is C16H16N4O5. The second-order valence-electron chi connectivity index (χ2n) is 5.34. The maximum Gasteiger partial charge on any atom is 0.370 e. The van der Waals surface area contributed by atoms with Crippen LogP contribution in [0.15, 0.2) is 36.7 Å². The predicted molar refractivity (Wildman–Crippen MR) is 85.6 cm³/mol. The maximum absolute atomic E-state index is 12.6. The van der Waals surface area contributed by atoms with Crippen LogP contribution in [0.3, 0.4) is 0 Å². The summed E-state index contributed by atoms with van der Waals surface area (Å²) in [6.45, 7) is 0.384. The van der Waals surface area contributed by atoms with Gasteiger partial charge in [-0.1, -0.05) is 30.3 Å². The maximum atomic E-state index is 12.6. The number of ether oxygens (including phenoxy) is 2. The Morgan fingerprint density at radius 2 is 1.96 bits per heavy atom. The van der Waals surface area contributed by atoms with Crippen LogP contribution in [0.1, 0.15) is 16.1 Å². The number of anilines is 1. The molecule has 3 rings (SSSR count). The topological polar surface area (TPSA) is 112 Å². The molecule has 0 aliphatic carbocycles. The number of carbonyl (C=O) groups is 3. The quantitative estimate of drug-likeness (QED) is 0.602. The fourth-order valence-electron chi connectivity index (χ4n) is 2.57. The van der Waals surface area contributed by atoms with Crippen molar-refractivity contribution < 1.29 is 23.9 Å². The summed E-state index contributed by atoms with van der Waals surface area (Å²) in [4.78, 5) is 41.1. The Morgan fingerprint density at radius 1 is 1.24 bits per heavy atom. The van der Waals surface area contributed by atoms with E-state index < -0.39 is 23.5 Å². The number of rotatable bonds is 4. The van der Waals surface area contributed by atoms with Crippen molar-refractivity contribution in [3.05, 3.63) is 47.9 Å². The van der Waals surface area contributed by atoms with Crippen LogP contribution in [-0.4, -0.2) is 47.3 Å². The Bertz CT molecular complexity index is 832. The van der Waals surface area contributed by atoms with Gasteiger partial charge in [0.2, 0.25) is 0 Å². The molecule has 0 bridgehead atoms. The van der Waals surface area contributed by atoms with Gasteiger partial charge in [0.25, 0.3) is 11.8 Å². The van der Waals surface area contributed by atoms with Gasteiger partial charge >= 0.3 is 11.7 Å². The van der Waals surface area contributed by atoms with Crippen molar-refractivity contribution in [2.75, 3.05) is 19.5 Å². The predicted octanol–water partition coefficient (Wildman–Crippen LogP) is 0.129. The number of fused-ring (bicyclic) bond motifs is 1. The van der Waals surface area contributed by atoms with E-state index in [4.69, 9.17) is 4.74 Å². The lowest BCUT2D eigenvalue weighted by Crippen LogP contribution is -2.62. The Labute approximate surface area is 142 Å². The summed E-state index contributed by atoms with van der Waals surface area (Å²) in [6.07, 6.45) is 1.44. The highest BCUT2D eigenvalue weighted by Crippen LogP contribution is 2.24. The molecule has 9 nitrogen and oxygen atoms in total. The van der Waals surface area contributed by atoms with Gasteiger partial charge in [-0.15, -0.1) is 0 Å². The molecule has 2 aromatic rings. The first-order chi connectivity index (χ1) is 12.0. The van der Waals surface area contributed by atoms with Gasteiger partial charge in [0, 0.05) is 7.11 Å². The van der Waals surface area contributed by atoms with E-state index in [1.165, 1.54) is 6.33 Å². The molecule has 130 valence electrons. The van der Waals surface area contributed by atoms with Crippen LogP contribution in [0, 0.1) is 0 Å². The molecule has 9 heteroatoms. The van der Waals surface area contributed by atoms with E-state index >= 15 is 0 Å². The fourth-order valence-corrected chi connectivity index (χ4v) is 2.57. The molecule has 1 aromatic carbocycles. The number of esters is 1. The number of carbonyl (C=O) groups excluding carboxylic acids is 3. The number of amides is 2. The Kier molecular flexibility index (Phi) is 4.24. The molecule has 1 aliphatic heterocycles. The van der Waals surface area contributed by atoms with Crippen LogP contribution in [0.2, 0.25) is 0 Å². The van der Waals surface area contributed by atoms with Crippen molar-refractivity contribution in [2.24, 2.45) is 0 Å². The number of hydrogen-bond donors (Lipinski definition) is 2. The zero-order valence-electron chi connectivity index (χ0n) is 13.6. The summed E-state index contributed by atoms with van der Waals surface area (Å²) in [5.74, 6) is -2.47. The van der Waals surface area contributed by atoms with Crippen LogP contribution in [0.5, 0.6) is 0 Å². The zero-order chi connectivity index (χ0) is 18.0. The van der Waals surface area contributed by atoms with Gasteiger partial charge in [-0.05, 0) is 5.56 Å². The smallest absolute Gasteiger partial charge is 0.370 e. The van der Waals surface area contributed by atoms with Crippen LogP contribution in [-0.2, 0) is 25.6 Å². The SMILES string of the molecule is COC(=O)C1(OC)NC(=O)c2ncn(Cc3ccccc3)c2NC1=O. The van der Waals surface area contributed by atoms with Crippen molar-refractivity contribution in [3.63, 3.8) is 0 Å². The zero-order valence-corrected chi connectivity index (χ0v) is 13.6. The average Bonchev–Trinajstić information content (AvgIpc) is 2.97. The lowest BCUT2D eigenvalue weighted by molar-refractivity contribution is -0.173. The molecule has 1 aliphatic rings. The van der Waals surface area contributed by atoms with E-state index in [9.17, 15) is 14.4 Å². The minimum absolute atomic E-state index is 0.0212. The van der Waals surface area contributed by atoms with Crippen LogP contribution in [0.4, 0.5) is 5.82 Å². The lowest BCUT2D eigenvalue weighted by atomic mass is 10.2. The van der Waals surface area contributed by atoms with Gasteiger partial charge in [-0.2, -0.15) is 0 Å². The van der Waals surface area contributed by atoms with E-state index in [1.54, 1.807) is 4.57 Å². The number of hydrogen-bond acceptors (Lipinski definition) is 6. The average molecular weight is 344 g/mol. The van der Waals surface area contributed by atoms with Crippen LogP contribution >= 0.6 is 0 Å². The molecule has 1 atom stereocenters. The summed E-state index contributed by atoms with van der Waals surface area (Å²) < 4.78 is 11.2. The second-order valence-corrected chi connectivity index (χ2v) is 5.34. The Balaban J connectivity index is 1.99. The number of imidazole rings is 1. The summed E-state index contributed by atoms with van der Waals surface area (Å²) in [7, 11) is 2.21. The van der Waals surface area contributed by atoms with Crippen molar-refractivity contribution >= 4 is 23.6 Å². The molecule has 1 unspecified atom stereocenters. The van der Waals surface area contributed by atoms with Gasteiger partial charge in [0.15, 0.2) is 5.69 Å². The third-order valence-electron chi connectivity index (χ3n) is 3.87. The molecule has 0 radical (unpaired) electrons. The number of aromatic nitrogens is 2. The second kappa shape index (κ2) is 6.36. The Hall–Kier alpha value is -3.20. The first kappa shape index (κ1) is 16.7. The third kappa shape index (κ3) is 2.74. The van der Waals surface area contributed by atoms with E-state index in [1.807, 2.05) is 30.3 Å². The van der Waals surface area contributed by atoms with Crippen molar-refractivity contribution in [2.45, 2.75) is 12.3 Å². The summed E-state index contributed by atoms with van der Waals surface area (Å²) in [5, 5.41) is 4.78. The number of nitrogens with one attached hydrogen (secondary N) is 2. The van der Waals surface area contributed by atoms with E-state index in [2.05, 4.69) is 20.4 Å². The van der Waals surface area contributed by atoms with Crippen LogP contribution in [0.25, 0.3) is 0 Å². The van der Waals surface area contributed by atoms with Gasteiger partial charge in [0.1, 0.15) is 5.82 Å². The molecule has 1 aromatic heterocycles. The molecule has 2 heterocycles. The minimum Gasteiger partial charge on any atom is -0.465 e. The van der Waals surface area contributed by atoms with Gasteiger partial charge in [0.05, 0.1) is 20.0 Å². The number of methoxy groups -OCH3 is 2. The fraction of sp³-hybridized carbons (Fsp3) is 0.250.